The molecule has 0 radical (unpaired) electrons. The van der Waals surface area contributed by atoms with E-state index in [2.05, 4.69) is 15.6 Å². The first-order valence-electron chi connectivity index (χ1n) is 12.3. The SMILES string of the molecule is Cc1ccc(F)cc1Oc1cc(NCCC(F)(F)F)c2ncc(-c3ccc(C(=O)NC4C[C@@H]4F)c(C)c3)n2c1. The monoisotopic (exact) mass is 544 g/mol. The number of nitrogens with one attached hydrogen (secondary N) is 2. The number of aromatic nitrogens is 2. The molecule has 4 aromatic rings. The number of nitrogens with zero attached hydrogens (tertiary/aromatic N) is 2. The summed E-state index contributed by atoms with van der Waals surface area (Å²) in [5.41, 5.74) is 3.67. The minimum absolute atomic E-state index is 0.253. The van der Waals surface area contributed by atoms with E-state index in [9.17, 15) is 26.7 Å². The van der Waals surface area contributed by atoms with Crippen molar-refractivity contribution in [3.63, 3.8) is 0 Å². The van der Waals surface area contributed by atoms with Gasteiger partial charge in [-0.25, -0.2) is 13.8 Å². The number of alkyl halides is 4. The van der Waals surface area contributed by atoms with Gasteiger partial charge in [0.25, 0.3) is 5.91 Å². The maximum absolute atomic E-state index is 13.9. The van der Waals surface area contributed by atoms with Gasteiger partial charge in [0, 0.05) is 36.2 Å². The van der Waals surface area contributed by atoms with Crippen molar-refractivity contribution in [2.24, 2.45) is 0 Å². The molecule has 1 fully saturated rings. The number of carbonyl (C=O) groups excluding carboxylic acids is 1. The number of anilines is 1. The molecule has 39 heavy (non-hydrogen) atoms. The Morgan fingerprint density at radius 1 is 1.13 bits per heavy atom. The maximum atomic E-state index is 13.9. The van der Waals surface area contributed by atoms with Gasteiger partial charge in [-0.05, 0) is 43.2 Å². The summed E-state index contributed by atoms with van der Waals surface area (Å²) in [4.78, 5) is 16.9. The molecule has 2 atom stereocenters. The van der Waals surface area contributed by atoms with Crippen LogP contribution in [-0.4, -0.2) is 40.2 Å². The molecule has 0 spiro atoms. The minimum Gasteiger partial charge on any atom is -0.455 e. The van der Waals surface area contributed by atoms with Crippen molar-refractivity contribution >= 4 is 17.2 Å². The number of pyridine rings is 1. The average Bonchev–Trinajstić information content (AvgIpc) is 3.37. The molecule has 204 valence electrons. The second-order valence-electron chi connectivity index (χ2n) is 9.59. The van der Waals surface area contributed by atoms with Crippen molar-refractivity contribution in [2.75, 3.05) is 11.9 Å². The summed E-state index contributed by atoms with van der Waals surface area (Å²) >= 11 is 0. The van der Waals surface area contributed by atoms with Crippen molar-refractivity contribution in [2.45, 2.75) is 45.1 Å². The summed E-state index contributed by atoms with van der Waals surface area (Å²) in [7, 11) is 0. The van der Waals surface area contributed by atoms with Crippen LogP contribution < -0.4 is 15.4 Å². The van der Waals surface area contributed by atoms with E-state index in [-0.39, 0.29) is 24.0 Å². The Morgan fingerprint density at radius 3 is 2.59 bits per heavy atom. The van der Waals surface area contributed by atoms with Gasteiger partial charge in [-0.1, -0.05) is 12.1 Å². The van der Waals surface area contributed by atoms with E-state index in [4.69, 9.17) is 4.74 Å². The van der Waals surface area contributed by atoms with Crippen LogP contribution in [0.2, 0.25) is 0 Å². The molecule has 11 heteroatoms. The Bertz CT molecular complexity index is 1550. The van der Waals surface area contributed by atoms with Crippen LogP contribution in [0.15, 0.2) is 54.9 Å². The fourth-order valence-electron chi connectivity index (χ4n) is 4.25. The number of amides is 1. The zero-order valence-corrected chi connectivity index (χ0v) is 21.1. The molecule has 0 saturated heterocycles. The van der Waals surface area contributed by atoms with Crippen LogP contribution in [0.5, 0.6) is 11.5 Å². The summed E-state index contributed by atoms with van der Waals surface area (Å²) in [6.45, 7) is 3.12. The zero-order chi connectivity index (χ0) is 27.9. The van der Waals surface area contributed by atoms with Gasteiger partial charge in [0.15, 0.2) is 5.65 Å². The molecule has 1 unspecified atom stereocenters. The van der Waals surface area contributed by atoms with Crippen LogP contribution in [0.1, 0.15) is 34.3 Å². The van der Waals surface area contributed by atoms with Crippen LogP contribution in [0.25, 0.3) is 16.9 Å². The molecular weight excluding hydrogens is 519 g/mol. The van der Waals surface area contributed by atoms with Crippen LogP contribution in [0, 0.1) is 19.7 Å². The van der Waals surface area contributed by atoms with Crippen molar-refractivity contribution in [3.05, 3.63) is 77.4 Å². The van der Waals surface area contributed by atoms with Gasteiger partial charge in [-0.3, -0.25) is 9.20 Å². The number of ether oxygens (including phenoxy) is 1. The number of rotatable bonds is 8. The molecule has 0 bridgehead atoms. The second-order valence-corrected chi connectivity index (χ2v) is 9.59. The zero-order valence-electron chi connectivity index (χ0n) is 21.1. The van der Waals surface area contributed by atoms with Crippen molar-refractivity contribution in [1.29, 1.82) is 0 Å². The Balaban J connectivity index is 1.51. The first-order valence-corrected chi connectivity index (χ1v) is 12.3. The summed E-state index contributed by atoms with van der Waals surface area (Å²) in [5, 5.41) is 5.44. The third-order valence-electron chi connectivity index (χ3n) is 6.48. The number of halogens is 5. The van der Waals surface area contributed by atoms with Crippen LogP contribution in [-0.2, 0) is 0 Å². The van der Waals surface area contributed by atoms with E-state index < -0.39 is 30.6 Å². The molecule has 1 aliphatic rings. The summed E-state index contributed by atoms with van der Waals surface area (Å²) in [6, 6.07) is 10.3. The van der Waals surface area contributed by atoms with Crippen molar-refractivity contribution < 1.29 is 31.5 Å². The molecule has 5 rings (SSSR count). The van der Waals surface area contributed by atoms with Gasteiger partial charge in [-0.15, -0.1) is 0 Å². The predicted octanol–water partition coefficient (Wildman–Crippen LogP) is 6.75. The van der Waals surface area contributed by atoms with Crippen LogP contribution >= 0.6 is 0 Å². The summed E-state index contributed by atoms with van der Waals surface area (Å²) in [6.07, 6.45) is -2.92. The van der Waals surface area contributed by atoms with E-state index >= 15 is 0 Å². The van der Waals surface area contributed by atoms with Crippen molar-refractivity contribution in [3.8, 4) is 22.8 Å². The molecular formula is C28H25F5N4O2. The van der Waals surface area contributed by atoms with Crippen molar-refractivity contribution in [1.82, 2.24) is 14.7 Å². The second kappa shape index (κ2) is 10.2. The molecule has 0 aliphatic heterocycles. The Labute approximate surface area is 220 Å². The topological polar surface area (TPSA) is 67.7 Å². The molecule has 2 heterocycles. The number of carbonyl (C=O) groups is 1. The van der Waals surface area contributed by atoms with Gasteiger partial charge in [0.05, 0.1) is 36.2 Å². The lowest BCUT2D eigenvalue weighted by molar-refractivity contribution is -0.131. The quantitative estimate of drug-likeness (QED) is 0.241. The molecule has 6 nitrogen and oxygen atoms in total. The average molecular weight is 545 g/mol. The van der Waals surface area contributed by atoms with Gasteiger partial charge in [0.1, 0.15) is 23.5 Å². The largest absolute Gasteiger partial charge is 0.455 e. The minimum atomic E-state index is -4.34. The number of imidazole rings is 1. The predicted molar refractivity (Wildman–Crippen MR) is 137 cm³/mol. The van der Waals surface area contributed by atoms with E-state index in [0.29, 0.717) is 45.7 Å². The molecule has 1 aliphatic carbocycles. The van der Waals surface area contributed by atoms with Crippen LogP contribution in [0.3, 0.4) is 0 Å². The molecule has 2 N–H and O–H groups in total. The summed E-state index contributed by atoms with van der Waals surface area (Å²) < 4.78 is 73.1. The standard InChI is InChI=1S/C28H25F5N4O2/c1-15-3-5-18(29)10-25(15)39-19-11-23(34-8-7-28(31,32)33)26-35-13-24(37(26)14-19)17-4-6-20(16(2)9-17)27(38)36-22-12-21(22)30/h3-6,9-11,13-14,21-22,34H,7-8,12H2,1-2H3,(H,36,38)/t21-,22?/m0/s1. The van der Waals surface area contributed by atoms with Crippen LogP contribution in [0.4, 0.5) is 27.6 Å². The van der Waals surface area contributed by atoms with E-state index in [1.165, 1.54) is 18.2 Å². The third-order valence-corrected chi connectivity index (χ3v) is 6.48. The molecule has 1 amide bonds. The van der Waals surface area contributed by atoms with Gasteiger partial charge in [-0.2, -0.15) is 13.2 Å². The number of hydrogen-bond donors (Lipinski definition) is 2. The molecule has 1 saturated carbocycles. The van der Waals surface area contributed by atoms with Gasteiger partial charge >= 0.3 is 6.18 Å². The third kappa shape index (κ3) is 5.97. The van der Waals surface area contributed by atoms with Gasteiger partial charge in [0.2, 0.25) is 0 Å². The Hall–Kier alpha value is -4.15. The highest BCUT2D eigenvalue weighted by molar-refractivity contribution is 5.96. The smallest absolute Gasteiger partial charge is 0.390 e. The first kappa shape index (κ1) is 26.5. The van der Waals surface area contributed by atoms with E-state index in [0.717, 1.165) is 0 Å². The number of aryl methyl sites for hydroxylation is 2. The lowest BCUT2D eigenvalue weighted by Gasteiger charge is -2.15. The fraction of sp³-hybridized carbons (Fsp3) is 0.286. The highest BCUT2D eigenvalue weighted by Gasteiger charge is 2.39. The highest BCUT2D eigenvalue weighted by atomic mass is 19.4. The molecule has 2 aromatic heterocycles. The molecule has 2 aromatic carbocycles. The number of hydrogen-bond acceptors (Lipinski definition) is 4. The first-order chi connectivity index (χ1) is 18.5. The van der Waals surface area contributed by atoms with E-state index in [1.807, 2.05) is 0 Å². The lowest BCUT2D eigenvalue weighted by atomic mass is 10.0. The number of fused-ring (bicyclic) bond motifs is 1. The maximum Gasteiger partial charge on any atom is 0.390 e. The Kier molecular flexibility index (Phi) is 6.92. The number of benzene rings is 2. The lowest BCUT2D eigenvalue weighted by Crippen LogP contribution is -2.27. The fourth-order valence-corrected chi connectivity index (χ4v) is 4.25. The Morgan fingerprint density at radius 2 is 1.90 bits per heavy atom. The normalized spacial score (nSPS) is 16.8. The van der Waals surface area contributed by atoms with E-state index in [1.54, 1.807) is 54.9 Å². The highest BCUT2D eigenvalue weighted by Crippen LogP contribution is 2.33. The van der Waals surface area contributed by atoms with Gasteiger partial charge < -0.3 is 15.4 Å². The summed E-state index contributed by atoms with van der Waals surface area (Å²) in [5.74, 6) is -0.343.